The van der Waals surface area contributed by atoms with Crippen LogP contribution in [0.15, 0.2) is 12.1 Å². The van der Waals surface area contributed by atoms with E-state index >= 15 is 0 Å². The van der Waals surface area contributed by atoms with Crippen molar-refractivity contribution in [2.45, 2.75) is 32.2 Å². The normalized spacial score (nSPS) is 29.8. The quantitative estimate of drug-likeness (QED) is 0.867. The van der Waals surface area contributed by atoms with Gasteiger partial charge in [-0.15, -0.1) is 23.7 Å². The Hall–Kier alpha value is -0.580. The van der Waals surface area contributed by atoms with Crippen LogP contribution in [-0.4, -0.2) is 29.9 Å². The molecule has 1 saturated carbocycles. The molecule has 1 aromatic heterocycles. The number of carbonyl (C=O) groups excluding carboxylic acids is 1. The van der Waals surface area contributed by atoms with Crippen LogP contribution in [0.25, 0.3) is 0 Å². The zero-order valence-electron chi connectivity index (χ0n) is 11.2. The number of likely N-dealkylation sites (tertiary alicyclic amines) is 1. The van der Waals surface area contributed by atoms with Crippen molar-refractivity contribution in [2.75, 3.05) is 13.1 Å². The van der Waals surface area contributed by atoms with Crippen LogP contribution in [0.1, 0.15) is 33.8 Å². The molecular weight excluding hydrogens is 280 g/mol. The van der Waals surface area contributed by atoms with Gasteiger partial charge in [-0.1, -0.05) is 6.42 Å². The molecule has 3 nitrogen and oxygen atoms in total. The fourth-order valence-electron chi connectivity index (χ4n) is 3.39. The molecule has 0 spiro atoms. The number of hydrogen-bond donors (Lipinski definition) is 1. The Labute approximate surface area is 124 Å². The van der Waals surface area contributed by atoms with Gasteiger partial charge in [0.1, 0.15) is 0 Å². The van der Waals surface area contributed by atoms with E-state index in [2.05, 4.69) is 0 Å². The summed E-state index contributed by atoms with van der Waals surface area (Å²) < 4.78 is 0. The molecule has 106 valence electrons. The topological polar surface area (TPSA) is 46.3 Å². The fourth-order valence-corrected chi connectivity index (χ4v) is 4.22. The minimum absolute atomic E-state index is 0. The van der Waals surface area contributed by atoms with Gasteiger partial charge in [0.15, 0.2) is 0 Å². The van der Waals surface area contributed by atoms with Crippen molar-refractivity contribution in [1.82, 2.24) is 4.90 Å². The summed E-state index contributed by atoms with van der Waals surface area (Å²) in [6, 6.07) is 4.27. The first kappa shape index (κ1) is 14.8. The molecule has 2 N–H and O–H groups in total. The fraction of sp³-hybridized carbons (Fsp3) is 0.643. The molecule has 1 aliphatic carbocycles. The van der Waals surface area contributed by atoms with Gasteiger partial charge in [0, 0.05) is 24.0 Å². The van der Waals surface area contributed by atoms with E-state index in [1.807, 2.05) is 24.0 Å². The molecule has 2 aliphatic rings. The molecule has 1 aliphatic heterocycles. The number of rotatable bonds is 1. The largest absolute Gasteiger partial charge is 0.337 e. The molecule has 0 aromatic carbocycles. The van der Waals surface area contributed by atoms with Crippen molar-refractivity contribution in [3.05, 3.63) is 21.9 Å². The van der Waals surface area contributed by atoms with E-state index < -0.39 is 0 Å². The summed E-state index contributed by atoms with van der Waals surface area (Å²) in [7, 11) is 0. The van der Waals surface area contributed by atoms with Gasteiger partial charge in [-0.25, -0.2) is 0 Å². The highest BCUT2D eigenvalue weighted by Gasteiger charge is 2.40. The number of amides is 1. The monoisotopic (exact) mass is 300 g/mol. The van der Waals surface area contributed by atoms with Gasteiger partial charge in [0.2, 0.25) is 0 Å². The Kier molecular flexibility index (Phi) is 4.54. The highest BCUT2D eigenvalue weighted by Crippen LogP contribution is 2.36. The number of fused-ring (bicyclic) bond motifs is 1. The lowest BCUT2D eigenvalue weighted by molar-refractivity contribution is 0.0788. The van der Waals surface area contributed by atoms with Gasteiger partial charge in [-0.05, 0) is 43.7 Å². The standard InChI is InChI=1S/C14H20N2OS.ClH/c1-9-5-6-13(18-9)14(17)16-7-10-3-2-4-12(15)11(10)8-16;/h5-6,10-12H,2-4,7-8,15H2,1H3;1H. The number of halogens is 1. The van der Waals surface area contributed by atoms with Crippen LogP contribution in [0.2, 0.25) is 0 Å². The van der Waals surface area contributed by atoms with Gasteiger partial charge >= 0.3 is 0 Å². The molecule has 0 radical (unpaired) electrons. The van der Waals surface area contributed by atoms with E-state index in [9.17, 15) is 4.79 Å². The molecule has 3 atom stereocenters. The summed E-state index contributed by atoms with van der Waals surface area (Å²) in [6.45, 7) is 3.82. The van der Waals surface area contributed by atoms with Crippen molar-refractivity contribution in [2.24, 2.45) is 17.6 Å². The maximum atomic E-state index is 12.4. The SMILES string of the molecule is Cc1ccc(C(=O)N2CC3CCCC(N)C3C2)s1.Cl. The Morgan fingerprint density at radius 3 is 2.79 bits per heavy atom. The van der Waals surface area contributed by atoms with E-state index in [-0.39, 0.29) is 18.3 Å². The van der Waals surface area contributed by atoms with E-state index in [1.54, 1.807) is 11.3 Å². The lowest BCUT2D eigenvalue weighted by Gasteiger charge is -2.29. The number of hydrogen-bond acceptors (Lipinski definition) is 3. The third-order valence-corrected chi connectivity index (χ3v) is 5.38. The third kappa shape index (κ3) is 2.81. The Balaban J connectivity index is 0.00000133. The maximum absolute atomic E-state index is 12.4. The van der Waals surface area contributed by atoms with Crippen molar-refractivity contribution < 1.29 is 4.79 Å². The predicted molar refractivity (Wildman–Crippen MR) is 81.0 cm³/mol. The molecule has 19 heavy (non-hydrogen) atoms. The third-order valence-electron chi connectivity index (χ3n) is 4.39. The van der Waals surface area contributed by atoms with E-state index in [0.29, 0.717) is 17.9 Å². The molecule has 1 amide bonds. The van der Waals surface area contributed by atoms with Crippen LogP contribution in [0, 0.1) is 18.8 Å². The molecular formula is C14H21ClN2OS. The van der Waals surface area contributed by atoms with Gasteiger partial charge in [0.25, 0.3) is 5.91 Å². The van der Waals surface area contributed by atoms with Gasteiger partial charge in [0.05, 0.1) is 4.88 Å². The number of aryl methyl sites for hydroxylation is 1. The number of nitrogens with two attached hydrogens (primary N) is 1. The summed E-state index contributed by atoms with van der Waals surface area (Å²) in [4.78, 5) is 16.5. The summed E-state index contributed by atoms with van der Waals surface area (Å²) in [6.07, 6.45) is 3.59. The zero-order valence-corrected chi connectivity index (χ0v) is 12.8. The van der Waals surface area contributed by atoms with Gasteiger partial charge in [-0.2, -0.15) is 0 Å². The summed E-state index contributed by atoms with van der Waals surface area (Å²) in [5.74, 6) is 1.37. The van der Waals surface area contributed by atoms with Gasteiger partial charge < -0.3 is 10.6 Å². The average Bonchev–Trinajstić information content (AvgIpc) is 2.95. The van der Waals surface area contributed by atoms with Crippen molar-refractivity contribution in [1.29, 1.82) is 0 Å². The lowest BCUT2D eigenvalue weighted by Crippen LogP contribution is -2.38. The summed E-state index contributed by atoms with van der Waals surface area (Å²) >= 11 is 1.59. The Bertz CT molecular complexity index is 462. The van der Waals surface area contributed by atoms with E-state index in [4.69, 9.17) is 5.73 Å². The first-order valence-electron chi connectivity index (χ1n) is 6.76. The van der Waals surface area contributed by atoms with Crippen LogP contribution >= 0.6 is 23.7 Å². The van der Waals surface area contributed by atoms with E-state index in [0.717, 1.165) is 24.4 Å². The first-order chi connectivity index (χ1) is 8.65. The van der Waals surface area contributed by atoms with Gasteiger partial charge in [-0.3, -0.25) is 4.79 Å². The first-order valence-corrected chi connectivity index (χ1v) is 7.58. The molecule has 5 heteroatoms. The van der Waals surface area contributed by atoms with Crippen molar-refractivity contribution in [3.63, 3.8) is 0 Å². The van der Waals surface area contributed by atoms with Crippen LogP contribution in [-0.2, 0) is 0 Å². The second kappa shape index (κ2) is 5.81. The highest BCUT2D eigenvalue weighted by atomic mass is 35.5. The minimum Gasteiger partial charge on any atom is -0.337 e. The second-order valence-corrected chi connectivity index (χ2v) is 6.93. The van der Waals surface area contributed by atoms with Crippen molar-refractivity contribution in [3.8, 4) is 0 Å². The molecule has 2 heterocycles. The van der Waals surface area contributed by atoms with E-state index in [1.165, 1.54) is 17.7 Å². The van der Waals surface area contributed by atoms with Crippen LogP contribution in [0.4, 0.5) is 0 Å². The number of thiophene rings is 1. The Morgan fingerprint density at radius 2 is 2.16 bits per heavy atom. The molecule has 0 bridgehead atoms. The molecule has 1 aromatic rings. The summed E-state index contributed by atoms with van der Waals surface area (Å²) in [5, 5.41) is 0. The molecule has 2 fully saturated rings. The summed E-state index contributed by atoms with van der Waals surface area (Å²) in [5.41, 5.74) is 6.19. The predicted octanol–water partition coefficient (Wildman–Crippen LogP) is 2.68. The highest BCUT2D eigenvalue weighted by molar-refractivity contribution is 7.13. The minimum atomic E-state index is 0. The van der Waals surface area contributed by atoms with Crippen LogP contribution in [0.5, 0.6) is 0 Å². The molecule has 3 rings (SSSR count). The van der Waals surface area contributed by atoms with Crippen LogP contribution < -0.4 is 5.73 Å². The Morgan fingerprint density at radius 1 is 1.37 bits per heavy atom. The molecule has 1 saturated heterocycles. The van der Waals surface area contributed by atoms with Crippen LogP contribution in [0.3, 0.4) is 0 Å². The zero-order chi connectivity index (χ0) is 12.7. The second-order valence-electron chi connectivity index (χ2n) is 5.64. The average molecular weight is 301 g/mol. The molecule has 3 unspecified atom stereocenters. The van der Waals surface area contributed by atoms with Crippen molar-refractivity contribution >= 4 is 29.7 Å². The number of nitrogens with zero attached hydrogens (tertiary/aromatic N) is 1. The lowest BCUT2D eigenvalue weighted by atomic mass is 9.78. The maximum Gasteiger partial charge on any atom is 0.263 e. The number of carbonyl (C=O) groups is 1. The smallest absolute Gasteiger partial charge is 0.263 e.